The zero-order valence-corrected chi connectivity index (χ0v) is 12.3. The number of amides is 2. The van der Waals surface area contributed by atoms with Crippen LogP contribution in [0.5, 0.6) is 0 Å². The lowest BCUT2D eigenvalue weighted by Gasteiger charge is -2.28. The minimum Gasteiger partial charge on any atom is -0.389 e. The number of carbonyl (C=O) groups excluding carboxylic acids is 1. The number of halogens is 1. The van der Waals surface area contributed by atoms with Crippen molar-refractivity contribution in [2.24, 2.45) is 0 Å². The van der Waals surface area contributed by atoms with Crippen molar-refractivity contribution in [2.45, 2.75) is 32.8 Å². The van der Waals surface area contributed by atoms with Gasteiger partial charge in [-0.1, -0.05) is 12.1 Å². The van der Waals surface area contributed by atoms with Crippen LogP contribution < -0.4 is 5.32 Å². The summed E-state index contributed by atoms with van der Waals surface area (Å²) in [5.41, 5.74) is 0.0573. The summed E-state index contributed by atoms with van der Waals surface area (Å²) in [4.78, 5) is 13.5. The zero-order valence-electron chi connectivity index (χ0n) is 12.3. The minimum atomic E-state index is -0.912. The van der Waals surface area contributed by atoms with E-state index in [9.17, 15) is 14.3 Å². The molecule has 0 saturated heterocycles. The van der Waals surface area contributed by atoms with Crippen LogP contribution in [0.1, 0.15) is 26.3 Å². The van der Waals surface area contributed by atoms with E-state index in [1.165, 1.54) is 12.1 Å². The molecule has 0 atom stereocenters. The van der Waals surface area contributed by atoms with Crippen LogP contribution in [-0.4, -0.2) is 41.3 Å². The molecule has 1 rings (SSSR count). The predicted octanol–water partition coefficient (Wildman–Crippen LogP) is 2.17. The zero-order chi connectivity index (χ0) is 15.2. The van der Waals surface area contributed by atoms with Crippen LogP contribution in [0.2, 0.25) is 0 Å². The topological polar surface area (TPSA) is 52.6 Å². The lowest BCUT2D eigenvalue weighted by Crippen LogP contribution is -2.47. The lowest BCUT2D eigenvalue weighted by atomic mass is 10.1. The van der Waals surface area contributed by atoms with Crippen molar-refractivity contribution in [3.05, 3.63) is 35.6 Å². The van der Waals surface area contributed by atoms with Gasteiger partial charge in [-0.3, -0.25) is 0 Å². The quantitative estimate of drug-likeness (QED) is 0.840. The second-order valence-electron chi connectivity index (χ2n) is 5.44. The number of hydrogen-bond donors (Lipinski definition) is 2. The molecular weight excluding hydrogens is 259 g/mol. The van der Waals surface area contributed by atoms with Gasteiger partial charge in [0.05, 0.1) is 12.1 Å². The van der Waals surface area contributed by atoms with Gasteiger partial charge < -0.3 is 15.3 Å². The molecule has 0 aliphatic rings. The number of likely N-dealkylation sites (N-methyl/N-ethyl adjacent to an activating group) is 1. The Morgan fingerprint density at radius 2 is 1.95 bits per heavy atom. The van der Waals surface area contributed by atoms with Crippen LogP contribution >= 0.6 is 0 Å². The van der Waals surface area contributed by atoms with Crippen molar-refractivity contribution in [3.63, 3.8) is 0 Å². The van der Waals surface area contributed by atoms with Gasteiger partial charge in [0.1, 0.15) is 5.82 Å². The summed E-state index contributed by atoms with van der Waals surface area (Å²) >= 11 is 0. The van der Waals surface area contributed by atoms with E-state index in [0.717, 1.165) is 5.56 Å². The van der Waals surface area contributed by atoms with Crippen molar-refractivity contribution in [3.8, 4) is 0 Å². The number of urea groups is 1. The highest BCUT2D eigenvalue weighted by Crippen LogP contribution is 2.05. The molecule has 0 saturated carbocycles. The van der Waals surface area contributed by atoms with Gasteiger partial charge in [-0.25, -0.2) is 9.18 Å². The Bertz CT molecular complexity index is 426. The van der Waals surface area contributed by atoms with Gasteiger partial charge in [0.15, 0.2) is 0 Å². The molecule has 0 aliphatic heterocycles. The Morgan fingerprint density at radius 3 is 2.45 bits per heavy atom. The van der Waals surface area contributed by atoms with E-state index in [0.29, 0.717) is 19.5 Å². The van der Waals surface area contributed by atoms with Gasteiger partial charge in [-0.15, -0.1) is 0 Å². The van der Waals surface area contributed by atoms with Crippen LogP contribution in [0.15, 0.2) is 24.3 Å². The molecule has 0 unspecified atom stereocenters. The normalized spacial score (nSPS) is 11.2. The first kappa shape index (κ1) is 16.4. The largest absolute Gasteiger partial charge is 0.389 e. The maximum Gasteiger partial charge on any atom is 0.317 e. The molecule has 0 fully saturated rings. The van der Waals surface area contributed by atoms with E-state index in [1.54, 1.807) is 30.9 Å². The van der Waals surface area contributed by atoms with Crippen LogP contribution in [0.25, 0.3) is 0 Å². The lowest BCUT2D eigenvalue weighted by molar-refractivity contribution is 0.0480. The van der Waals surface area contributed by atoms with E-state index in [2.05, 4.69) is 5.32 Å². The molecular formula is C15H23FN2O2. The highest BCUT2D eigenvalue weighted by molar-refractivity contribution is 5.74. The summed E-state index contributed by atoms with van der Waals surface area (Å²) < 4.78 is 12.7. The van der Waals surface area contributed by atoms with Crippen molar-refractivity contribution in [2.75, 3.05) is 19.6 Å². The van der Waals surface area contributed by atoms with E-state index in [4.69, 9.17) is 0 Å². The second-order valence-corrected chi connectivity index (χ2v) is 5.44. The Labute approximate surface area is 119 Å². The fourth-order valence-electron chi connectivity index (χ4n) is 1.87. The Kier molecular flexibility index (Phi) is 5.95. The summed E-state index contributed by atoms with van der Waals surface area (Å²) in [5.74, 6) is -0.264. The first-order valence-corrected chi connectivity index (χ1v) is 6.81. The Hall–Kier alpha value is -1.62. The number of benzene rings is 1. The fraction of sp³-hybridized carbons (Fsp3) is 0.533. The summed E-state index contributed by atoms with van der Waals surface area (Å²) in [6.07, 6.45) is 0.645. The van der Waals surface area contributed by atoms with Gasteiger partial charge in [-0.2, -0.15) is 0 Å². The first-order chi connectivity index (χ1) is 9.31. The number of nitrogens with zero attached hydrogens (tertiary/aromatic N) is 1. The maximum absolute atomic E-state index is 12.7. The van der Waals surface area contributed by atoms with Gasteiger partial charge >= 0.3 is 6.03 Å². The van der Waals surface area contributed by atoms with Gasteiger partial charge in [0.25, 0.3) is 0 Å². The third-order valence-electron chi connectivity index (χ3n) is 2.85. The van der Waals surface area contributed by atoms with Crippen LogP contribution in [0, 0.1) is 5.82 Å². The molecule has 0 radical (unpaired) electrons. The van der Waals surface area contributed by atoms with Crippen molar-refractivity contribution in [1.29, 1.82) is 0 Å². The molecule has 4 nitrogen and oxygen atoms in total. The van der Waals surface area contributed by atoms with Crippen LogP contribution in [0.4, 0.5) is 9.18 Å². The average Bonchev–Trinajstić information content (AvgIpc) is 2.37. The molecule has 0 heterocycles. The van der Waals surface area contributed by atoms with E-state index >= 15 is 0 Å². The standard InChI is InChI=1S/C15H23FN2O2/c1-4-18(11-15(2,3)20)14(19)17-10-9-12-5-7-13(16)8-6-12/h5-8,20H,4,9-11H2,1-3H3,(H,17,19). The predicted molar refractivity (Wildman–Crippen MR) is 77.0 cm³/mol. The van der Waals surface area contributed by atoms with E-state index in [-0.39, 0.29) is 18.4 Å². The molecule has 1 aromatic rings. The average molecular weight is 282 g/mol. The Morgan fingerprint density at radius 1 is 1.35 bits per heavy atom. The SMILES string of the molecule is CCN(CC(C)(C)O)C(=O)NCCc1ccc(F)cc1. The number of rotatable bonds is 6. The highest BCUT2D eigenvalue weighted by Gasteiger charge is 2.20. The molecule has 2 N–H and O–H groups in total. The molecule has 1 aromatic carbocycles. The molecule has 0 spiro atoms. The molecule has 0 aromatic heterocycles. The van der Waals surface area contributed by atoms with Crippen molar-refractivity contribution < 1.29 is 14.3 Å². The Balaban J connectivity index is 2.40. The van der Waals surface area contributed by atoms with Crippen molar-refractivity contribution >= 4 is 6.03 Å². The fourth-order valence-corrected chi connectivity index (χ4v) is 1.87. The van der Waals surface area contributed by atoms with Crippen LogP contribution in [0.3, 0.4) is 0 Å². The number of nitrogens with one attached hydrogen (secondary N) is 1. The maximum atomic E-state index is 12.7. The highest BCUT2D eigenvalue weighted by atomic mass is 19.1. The third kappa shape index (κ3) is 6.02. The molecule has 20 heavy (non-hydrogen) atoms. The molecule has 0 bridgehead atoms. The van der Waals surface area contributed by atoms with Gasteiger partial charge in [-0.05, 0) is 44.9 Å². The van der Waals surface area contributed by atoms with E-state index < -0.39 is 5.60 Å². The van der Waals surface area contributed by atoms with Crippen LogP contribution in [-0.2, 0) is 6.42 Å². The monoisotopic (exact) mass is 282 g/mol. The van der Waals surface area contributed by atoms with Crippen molar-refractivity contribution in [1.82, 2.24) is 10.2 Å². The minimum absolute atomic E-state index is 0.197. The number of carbonyl (C=O) groups is 1. The summed E-state index contributed by atoms with van der Waals surface area (Å²) in [6, 6.07) is 6.02. The second kappa shape index (κ2) is 7.24. The molecule has 5 heteroatoms. The number of aliphatic hydroxyl groups is 1. The summed E-state index contributed by atoms with van der Waals surface area (Å²) in [7, 11) is 0. The molecule has 112 valence electrons. The molecule has 0 aliphatic carbocycles. The first-order valence-electron chi connectivity index (χ1n) is 6.81. The number of hydrogen-bond acceptors (Lipinski definition) is 2. The van der Waals surface area contributed by atoms with E-state index in [1.807, 2.05) is 6.92 Å². The third-order valence-corrected chi connectivity index (χ3v) is 2.85. The van der Waals surface area contributed by atoms with Gasteiger partial charge in [0, 0.05) is 13.1 Å². The molecule has 2 amide bonds. The van der Waals surface area contributed by atoms with Gasteiger partial charge in [0.2, 0.25) is 0 Å². The smallest absolute Gasteiger partial charge is 0.317 e. The summed E-state index contributed by atoms with van der Waals surface area (Å²) in [6.45, 7) is 6.50. The summed E-state index contributed by atoms with van der Waals surface area (Å²) in [5, 5.41) is 12.5.